The van der Waals surface area contributed by atoms with Crippen LogP contribution in [0.25, 0.3) is 0 Å². The molecule has 1 aromatic carbocycles. The molecule has 1 fully saturated rings. The van der Waals surface area contributed by atoms with E-state index in [1.54, 1.807) is 6.07 Å². The molecule has 1 heterocycles. The van der Waals surface area contributed by atoms with Crippen LogP contribution in [0.15, 0.2) is 18.2 Å². The number of aryl methyl sites for hydroxylation is 1. The first-order valence-corrected chi connectivity index (χ1v) is 7.48. The number of carbonyl (C=O) groups excluding carboxylic acids is 2. The number of primary amides is 1. The third-order valence-corrected chi connectivity index (χ3v) is 4.13. The van der Waals surface area contributed by atoms with E-state index in [2.05, 4.69) is 0 Å². The van der Waals surface area contributed by atoms with Crippen molar-refractivity contribution in [1.29, 1.82) is 0 Å². The molecule has 1 aliphatic rings. The van der Waals surface area contributed by atoms with Crippen LogP contribution in [0.1, 0.15) is 24.8 Å². The minimum atomic E-state index is -1.65. The Bertz CT molecular complexity index is 608. The van der Waals surface area contributed by atoms with Crippen LogP contribution < -0.4 is 10.5 Å². The average Bonchev–Trinajstić information content (AvgIpc) is 2.52. The van der Waals surface area contributed by atoms with Gasteiger partial charge in [-0.1, -0.05) is 6.07 Å². The number of amides is 2. The summed E-state index contributed by atoms with van der Waals surface area (Å²) in [5, 5.41) is 10.1. The molecule has 1 aromatic rings. The minimum Gasteiger partial charge on any atom is -0.494 e. The van der Waals surface area contributed by atoms with Crippen LogP contribution in [-0.2, 0) is 16.0 Å². The van der Waals surface area contributed by atoms with Gasteiger partial charge in [0.05, 0.1) is 13.7 Å². The van der Waals surface area contributed by atoms with Crippen molar-refractivity contribution < 1.29 is 23.8 Å². The van der Waals surface area contributed by atoms with Gasteiger partial charge in [0.25, 0.3) is 5.91 Å². The molecule has 1 aliphatic heterocycles. The van der Waals surface area contributed by atoms with Crippen LogP contribution in [0.4, 0.5) is 4.39 Å². The van der Waals surface area contributed by atoms with Crippen molar-refractivity contribution in [3.63, 3.8) is 0 Å². The van der Waals surface area contributed by atoms with E-state index >= 15 is 0 Å². The summed E-state index contributed by atoms with van der Waals surface area (Å²) in [5.74, 6) is -1.33. The number of aliphatic hydroxyl groups is 1. The van der Waals surface area contributed by atoms with Gasteiger partial charge in [0.1, 0.15) is 0 Å². The van der Waals surface area contributed by atoms with Crippen molar-refractivity contribution >= 4 is 11.8 Å². The molecule has 2 amide bonds. The van der Waals surface area contributed by atoms with Gasteiger partial charge in [0.15, 0.2) is 17.2 Å². The second-order valence-electron chi connectivity index (χ2n) is 5.78. The summed E-state index contributed by atoms with van der Waals surface area (Å²) in [4.78, 5) is 25.0. The van der Waals surface area contributed by atoms with Gasteiger partial charge < -0.3 is 20.5 Å². The lowest BCUT2D eigenvalue weighted by molar-refractivity contribution is -0.148. The maximum Gasteiger partial charge on any atom is 0.251 e. The standard InChI is InChI=1S/C16H21FN2O4/c1-23-13-5-3-11(9-12(13)17)4-6-14(20)19-8-2-7-16(22,10-19)15(18)21/h3,5,9,22H,2,4,6-8,10H2,1H3,(H2,18,21)/t16-/m0/s1. The summed E-state index contributed by atoms with van der Waals surface area (Å²) in [6.07, 6.45) is 1.31. The number of piperidine rings is 1. The fourth-order valence-electron chi connectivity index (χ4n) is 2.72. The molecule has 3 N–H and O–H groups in total. The van der Waals surface area contributed by atoms with E-state index in [-0.39, 0.29) is 31.0 Å². The molecule has 0 saturated carbocycles. The number of nitrogens with two attached hydrogens (primary N) is 1. The Labute approximate surface area is 134 Å². The molecule has 0 bridgehead atoms. The van der Waals surface area contributed by atoms with Crippen molar-refractivity contribution in [2.24, 2.45) is 5.73 Å². The van der Waals surface area contributed by atoms with Gasteiger partial charge >= 0.3 is 0 Å². The smallest absolute Gasteiger partial charge is 0.251 e. The van der Waals surface area contributed by atoms with Gasteiger partial charge in [-0.25, -0.2) is 4.39 Å². The van der Waals surface area contributed by atoms with Gasteiger partial charge in [0, 0.05) is 13.0 Å². The van der Waals surface area contributed by atoms with Crippen molar-refractivity contribution in [2.45, 2.75) is 31.3 Å². The van der Waals surface area contributed by atoms with Gasteiger partial charge in [-0.2, -0.15) is 0 Å². The Kier molecular flexibility index (Phi) is 5.20. The molecule has 1 atom stereocenters. The summed E-state index contributed by atoms with van der Waals surface area (Å²) < 4.78 is 18.5. The highest BCUT2D eigenvalue weighted by Gasteiger charge is 2.39. The number of hydrogen-bond acceptors (Lipinski definition) is 4. The Hall–Kier alpha value is -2.15. The lowest BCUT2D eigenvalue weighted by atomic mass is 9.92. The van der Waals surface area contributed by atoms with Crippen LogP contribution >= 0.6 is 0 Å². The number of benzene rings is 1. The Balaban J connectivity index is 1.94. The van der Waals surface area contributed by atoms with Crippen LogP contribution in [-0.4, -0.2) is 47.6 Å². The first kappa shape index (κ1) is 17.2. The number of methoxy groups -OCH3 is 1. The van der Waals surface area contributed by atoms with Crippen LogP contribution in [0.5, 0.6) is 5.75 Å². The van der Waals surface area contributed by atoms with E-state index in [0.717, 1.165) is 0 Å². The Morgan fingerprint density at radius 3 is 2.83 bits per heavy atom. The first-order chi connectivity index (χ1) is 10.9. The van der Waals surface area contributed by atoms with Crippen LogP contribution in [0, 0.1) is 5.82 Å². The number of ether oxygens (including phenoxy) is 1. The molecule has 23 heavy (non-hydrogen) atoms. The maximum atomic E-state index is 13.6. The summed E-state index contributed by atoms with van der Waals surface area (Å²) >= 11 is 0. The van der Waals surface area contributed by atoms with E-state index in [0.29, 0.717) is 24.9 Å². The number of likely N-dealkylation sites (tertiary alicyclic amines) is 1. The zero-order valence-electron chi connectivity index (χ0n) is 13.0. The average molecular weight is 324 g/mol. The molecule has 7 heteroatoms. The minimum absolute atomic E-state index is 0.0852. The molecule has 6 nitrogen and oxygen atoms in total. The molecule has 0 spiro atoms. The topological polar surface area (TPSA) is 92.9 Å². The van der Waals surface area contributed by atoms with E-state index in [1.807, 2.05) is 0 Å². The number of halogens is 1. The second kappa shape index (κ2) is 6.95. The van der Waals surface area contributed by atoms with Gasteiger partial charge in [0.2, 0.25) is 5.91 Å². The quantitative estimate of drug-likeness (QED) is 0.830. The van der Waals surface area contributed by atoms with Crippen molar-refractivity contribution in [1.82, 2.24) is 4.90 Å². The van der Waals surface area contributed by atoms with Gasteiger partial charge in [-0.3, -0.25) is 9.59 Å². The number of hydrogen-bond donors (Lipinski definition) is 2. The largest absolute Gasteiger partial charge is 0.494 e. The number of β-amino-alcohol motifs (C(OH)–C–C–N with tert-alkyl or cyclic N) is 1. The molecule has 0 aromatic heterocycles. The highest BCUT2D eigenvalue weighted by Crippen LogP contribution is 2.22. The normalized spacial score (nSPS) is 21.1. The van der Waals surface area contributed by atoms with Gasteiger partial charge in [-0.15, -0.1) is 0 Å². The van der Waals surface area contributed by atoms with Crippen LogP contribution in [0.3, 0.4) is 0 Å². The Morgan fingerprint density at radius 2 is 2.22 bits per heavy atom. The summed E-state index contributed by atoms with van der Waals surface area (Å²) in [6, 6.07) is 4.55. The van der Waals surface area contributed by atoms with E-state index < -0.39 is 17.3 Å². The fourth-order valence-corrected chi connectivity index (χ4v) is 2.72. The number of nitrogens with zero attached hydrogens (tertiary/aromatic N) is 1. The molecule has 2 rings (SSSR count). The van der Waals surface area contributed by atoms with E-state index in [9.17, 15) is 19.1 Å². The molecular formula is C16H21FN2O4. The number of carbonyl (C=O) groups is 2. The van der Waals surface area contributed by atoms with Crippen LogP contribution in [0.2, 0.25) is 0 Å². The molecule has 0 aliphatic carbocycles. The molecule has 126 valence electrons. The molecule has 0 unspecified atom stereocenters. The summed E-state index contributed by atoms with van der Waals surface area (Å²) in [6.45, 7) is 0.392. The third-order valence-electron chi connectivity index (χ3n) is 4.13. The van der Waals surface area contributed by atoms with Crippen molar-refractivity contribution in [2.75, 3.05) is 20.2 Å². The predicted molar refractivity (Wildman–Crippen MR) is 81.2 cm³/mol. The first-order valence-electron chi connectivity index (χ1n) is 7.48. The van der Waals surface area contributed by atoms with E-state index in [4.69, 9.17) is 10.5 Å². The maximum absolute atomic E-state index is 13.6. The summed E-state index contributed by atoms with van der Waals surface area (Å²) in [5.41, 5.74) is 4.22. The zero-order valence-corrected chi connectivity index (χ0v) is 13.0. The van der Waals surface area contributed by atoms with Crippen molar-refractivity contribution in [3.8, 4) is 5.75 Å². The molecular weight excluding hydrogens is 303 g/mol. The monoisotopic (exact) mass is 324 g/mol. The van der Waals surface area contributed by atoms with E-state index in [1.165, 1.54) is 24.1 Å². The number of rotatable bonds is 5. The highest BCUT2D eigenvalue weighted by molar-refractivity contribution is 5.85. The predicted octanol–water partition coefficient (Wildman–Crippen LogP) is 0.606. The SMILES string of the molecule is COc1ccc(CCC(=O)N2CCC[C@@](O)(C(N)=O)C2)cc1F. The second-order valence-corrected chi connectivity index (χ2v) is 5.78. The third kappa shape index (κ3) is 3.98. The summed E-state index contributed by atoms with van der Waals surface area (Å²) in [7, 11) is 1.39. The fraction of sp³-hybridized carbons (Fsp3) is 0.500. The lowest BCUT2D eigenvalue weighted by Gasteiger charge is -2.37. The highest BCUT2D eigenvalue weighted by atomic mass is 19.1. The van der Waals surface area contributed by atoms with Gasteiger partial charge in [-0.05, 0) is 37.0 Å². The van der Waals surface area contributed by atoms with Crippen molar-refractivity contribution in [3.05, 3.63) is 29.6 Å². The zero-order chi connectivity index (χ0) is 17.0. The Morgan fingerprint density at radius 1 is 1.48 bits per heavy atom. The molecule has 1 saturated heterocycles. The lowest BCUT2D eigenvalue weighted by Crippen LogP contribution is -2.57. The molecule has 0 radical (unpaired) electrons.